The number of ether oxygens (including phenoxy) is 1. The first-order valence-electron chi connectivity index (χ1n) is 6.54. The zero-order valence-corrected chi connectivity index (χ0v) is 12.6. The van der Waals surface area contributed by atoms with Gasteiger partial charge in [-0.15, -0.1) is 11.3 Å². The second-order valence-corrected chi connectivity index (χ2v) is 5.39. The lowest BCUT2D eigenvalue weighted by Gasteiger charge is -2.02. The van der Waals surface area contributed by atoms with Gasteiger partial charge in [-0.1, -0.05) is 0 Å². The third kappa shape index (κ3) is 2.68. The summed E-state index contributed by atoms with van der Waals surface area (Å²) in [6.45, 7) is 0. The first-order valence-corrected chi connectivity index (χ1v) is 7.42. The maximum absolute atomic E-state index is 11.5. The molecule has 3 rings (SSSR count). The maximum atomic E-state index is 11.5. The van der Waals surface area contributed by atoms with Crippen LogP contribution in [0.5, 0.6) is 5.75 Å². The molecular formula is C16H13N3O2S. The first kappa shape index (κ1) is 14.2. The average molecular weight is 311 g/mol. The highest BCUT2D eigenvalue weighted by atomic mass is 32.1. The van der Waals surface area contributed by atoms with Crippen molar-refractivity contribution in [1.82, 2.24) is 9.97 Å². The molecule has 5 nitrogen and oxygen atoms in total. The number of carbonyl (C=O) groups excluding carboxylic acids is 1. The van der Waals surface area contributed by atoms with Crippen molar-refractivity contribution in [2.45, 2.75) is 0 Å². The molecule has 2 aromatic heterocycles. The van der Waals surface area contributed by atoms with Crippen LogP contribution in [-0.4, -0.2) is 23.0 Å². The summed E-state index contributed by atoms with van der Waals surface area (Å²) in [6.07, 6.45) is 1.54. The van der Waals surface area contributed by atoms with Crippen molar-refractivity contribution in [2.75, 3.05) is 7.11 Å². The van der Waals surface area contributed by atoms with Crippen molar-refractivity contribution in [2.24, 2.45) is 5.73 Å². The van der Waals surface area contributed by atoms with Crippen LogP contribution in [0.3, 0.4) is 0 Å². The van der Waals surface area contributed by atoms with Crippen molar-refractivity contribution in [3.63, 3.8) is 0 Å². The summed E-state index contributed by atoms with van der Waals surface area (Å²) in [7, 11) is 1.63. The molecule has 0 unspecified atom stereocenters. The highest BCUT2D eigenvalue weighted by Gasteiger charge is 2.14. The molecule has 1 aromatic carbocycles. The van der Waals surface area contributed by atoms with Crippen LogP contribution in [0.25, 0.3) is 21.8 Å². The van der Waals surface area contributed by atoms with Crippen molar-refractivity contribution in [1.29, 1.82) is 0 Å². The molecule has 0 aliphatic heterocycles. The number of benzene rings is 1. The third-order valence-corrected chi connectivity index (χ3v) is 4.04. The number of primary amides is 1. The summed E-state index contributed by atoms with van der Waals surface area (Å²) in [5.41, 5.74) is 8.06. The van der Waals surface area contributed by atoms with Crippen molar-refractivity contribution < 1.29 is 9.53 Å². The van der Waals surface area contributed by atoms with Crippen molar-refractivity contribution in [3.05, 3.63) is 53.7 Å². The number of pyridine rings is 1. The Bertz CT molecular complexity index is 812. The normalized spacial score (nSPS) is 10.4. The Morgan fingerprint density at radius 2 is 2.00 bits per heavy atom. The molecule has 2 heterocycles. The van der Waals surface area contributed by atoms with Crippen LogP contribution in [0.4, 0.5) is 0 Å². The molecule has 0 radical (unpaired) electrons. The second kappa shape index (κ2) is 5.95. The van der Waals surface area contributed by atoms with Crippen molar-refractivity contribution >= 4 is 17.2 Å². The number of hydrogen-bond acceptors (Lipinski definition) is 5. The van der Waals surface area contributed by atoms with Gasteiger partial charge >= 0.3 is 0 Å². The number of nitrogens with two attached hydrogens (primary N) is 1. The van der Waals surface area contributed by atoms with Crippen LogP contribution in [0.2, 0.25) is 0 Å². The van der Waals surface area contributed by atoms with E-state index in [4.69, 9.17) is 10.5 Å². The Hall–Kier alpha value is -2.73. The van der Waals surface area contributed by atoms with E-state index in [1.165, 1.54) is 11.3 Å². The molecular weight excluding hydrogens is 298 g/mol. The van der Waals surface area contributed by atoms with Gasteiger partial charge < -0.3 is 10.5 Å². The largest absolute Gasteiger partial charge is 0.497 e. The highest BCUT2D eigenvalue weighted by Crippen LogP contribution is 2.30. The Kier molecular flexibility index (Phi) is 3.84. The molecule has 0 aliphatic rings. The summed E-state index contributed by atoms with van der Waals surface area (Å²) in [6, 6.07) is 11.2. The van der Waals surface area contributed by atoms with E-state index in [1.54, 1.807) is 25.4 Å². The van der Waals surface area contributed by atoms with E-state index >= 15 is 0 Å². The molecule has 0 fully saturated rings. The fourth-order valence-corrected chi connectivity index (χ4v) is 2.92. The van der Waals surface area contributed by atoms with Gasteiger partial charge in [0.2, 0.25) is 0 Å². The number of thiazole rings is 1. The van der Waals surface area contributed by atoms with Crippen LogP contribution in [0, 0.1) is 0 Å². The highest BCUT2D eigenvalue weighted by molar-refractivity contribution is 7.13. The molecule has 0 saturated carbocycles. The molecule has 0 atom stereocenters. The van der Waals surface area contributed by atoms with E-state index in [9.17, 15) is 4.79 Å². The smallest absolute Gasteiger partial charge is 0.268 e. The van der Waals surface area contributed by atoms with Crippen LogP contribution < -0.4 is 10.5 Å². The topological polar surface area (TPSA) is 78.1 Å². The van der Waals surface area contributed by atoms with E-state index in [0.29, 0.717) is 10.6 Å². The number of methoxy groups -OCH3 is 1. The maximum Gasteiger partial charge on any atom is 0.268 e. The summed E-state index contributed by atoms with van der Waals surface area (Å²) in [5.74, 6) is 0.235. The summed E-state index contributed by atoms with van der Waals surface area (Å²) >= 11 is 1.45. The predicted octanol–water partition coefficient (Wildman–Crippen LogP) is 2.98. The van der Waals surface area contributed by atoms with Gasteiger partial charge in [-0.2, -0.15) is 0 Å². The number of hydrogen-bond donors (Lipinski definition) is 1. The van der Waals surface area contributed by atoms with Gasteiger partial charge in [-0.25, -0.2) is 4.98 Å². The Balaban J connectivity index is 1.98. The number of nitrogens with zero attached hydrogens (tertiary/aromatic N) is 2. The first-order chi connectivity index (χ1) is 10.7. The van der Waals surface area contributed by atoms with Gasteiger partial charge in [-0.3, -0.25) is 9.78 Å². The Labute approximate surface area is 131 Å². The molecule has 2 N–H and O–H groups in total. The van der Waals surface area contributed by atoms with Gasteiger partial charge in [0, 0.05) is 22.7 Å². The number of amides is 1. The van der Waals surface area contributed by atoms with Gasteiger partial charge in [0.15, 0.2) is 0 Å². The van der Waals surface area contributed by atoms with E-state index in [-0.39, 0.29) is 5.69 Å². The number of rotatable bonds is 4. The molecule has 0 bridgehead atoms. The minimum atomic E-state index is -0.559. The molecule has 1 amide bonds. The Morgan fingerprint density at radius 1 is 1.23 bits per heavy atom. The molecule has 6 heteroatoms. The zero-order valence-electron chi connectivity index (χ0n) is 11.8. The predicted molar refractivity (Wildman–Crippen MR) is 85.9 cm³/mol. The van der Waals surface area contributed by atoms with Gasteiger partial charge in [0.05, 0.1) is 12.8 Å². The summed E-state index contributed by atoms with van der Waals surface area (Å²) in [4.78, 5) is 20.1. The van der Waals surface area contributed by atoms with Crippen LogP contribution in [-0.2, 0) is 0 Å². The second-order valence-electron chi connectivity index (χ2n) is 4.53. The van der Waals surface area contributed by atoms with Gasteiger partial charge in [-0.05, 0) is 36.4 Å². The molecule has 3 aromatic rings. The van der Waals surface area contributed by atoms with E-state index < -0.39 is 5.91 Å². The van der Waals surface area contributed by atoms with E-state index in [2.05, 4.69) is 9.97 Å². The van der Waals surface area contributed by atoms with Gasteiger partial charge in [0.1, 0.15) is 16.5 Å². The zero-order chi connectivity index (χ0) is 15.5. The molecule has 0 aliphatic carbocycles. The number of aromatic nitrogens is 2. The lowest BCUT2D eigenvalue weighted by molar-refractivity contribution is 0.0996. The molecule has 0 saturated heterocycles. The molecule has 22 heavy (non-hydrogen) atoms. The monoisotopic (exact) mass is 311 g/mol. The van der Waals surface area contributed by atoms with Crippen LogP contribution in [0.15, 0.2) is 48.0 Å². The summed E-state index contributed by atoms with van der Waals surface area (Å²) in [5, 5.41) is 2.65. The molecule has 0 spiro atoms. The van der Waals surface area contributed by atoms with Crippen LogP contribution >= 0.6 is 11.3 Å². The van der Waals surface area contributed by atoms with Crippen molar-refractivity contribution in [3.8, 4) is 27.6 Å². The van der Waals surface area contributed by atoms with Gasteiger partial charge in [0.25, 0.3) is 5.91 Å². The average Bonchev–Trinajstić information content (AvgIpc) is 3.04. The number of carbonyl (C=O) groups is 1. The SMILES string of the molecule is COc1ccc(-c2csc(-c3cccnc3C(N)=O)n2)cc1. The quantitative estimate of drug-likeness (QED) is 0.803. The molecule has 110 valence electrons. The minimum Gasteiger partial charge on any atom is -0.497 e. The minimum absolute atomic E-state index is 0.234. The fourth-order valence-electron chi connectivity index (χ4n) is 2.07. The van der Waals surface area contributed by atoms with E-state index in [0.717, 1.165) is 17.0 Å². The Morgan fingerprint density at radius 3 is 2.68 bits per heavy atom. The summed E-state index contributed by atoms with van der Waals surface area (Å²) < 4.78 is 5.14. The van der Waals surface area contributed by atoms with Crippen LogP contribution in [0.1, 0.15) is 10.5 Å². The fraction of sp³-hybridized carbons (Fsp3) is 0.0625. The lowest BCUT2D eigenvalue weighted by atomic mass is 10.1. The third-order valence-electron chi connectivity index (χ3n) is 3.16. The van der Waals surface area contributed by atoms with E-state index in [1.807, 2.05) is 29.6 Å². The standard InChI is InChI=1S/C16H13N3O2S/c1-21-11-6-4-10(5-7-11)13-9-22-16(19-13)12-3-2-8-18-14(12)15(17)20/h2-9H,1H3,(H2,17,20). The lowest BCUT2D eigenvalue weighted by Crippen LogP contribution is -2.14.